The van der Waals surface area contributed by atoms with Crippen molar-refractivity contribution in [1.29, 1.82) is 0 Å². The first kappa shape index (κ1) is 22.1. The molecule has 8 heteroatoms. The maximum absolute atomic E-state index is 13.2. The summed E-state index contributed by atoms with van der Waals surface area (Å²) in [6.45, 7) is 4.17. The summed E-state index contributed by atoms with van der Waals surface area (Å²) in [5, 5.41) is 3.60. The van der Waals surface area contributed by atoms with Gasteiger partial charge in [-0.25, -0.2) is 9.37 Å². The third-order valence-electron chi connectivity index (χ3n) is 5.62. The van der Waals surface area contributed by atoms with Crippen molar-refractivity contribution in [1.82, 2.24) is 9.88 Å². The molecular weight excluding hydrogens is 427 g/mol. The smallest absolute Gasteiger partial charge is 0.267 e. The highest BCUT2D eigenvalue weighted by Crippen LogP contribution is 2.29. The quantitative estimate of drug-likeness (QED) is 0.587. The maximum Gasteiger partial charge on any atom is 0.267 e. The Balaban J connectivity index is 1.39. The van der Waals surface area contributed by atoms with Crippen LogP contribution < -0.4 is 11.1 Å². The number of aryl methyl sites for hydroxylation is 1. The van der Waals surface area contributed by atoms with E-state index in [1.165, 1.54) is 23.5 Å². The SMILES string of the molecule is Cc1nc(-c2ccc(F)cc2)sc1C(=O)Nc1ccc(CN2CCCC(C(N)=O)C2)cc1. The van der Waals surface area contributed by atoms with Crippen LogP contribution in [-0.4, -0.2) is 34.8 Å². The molecule has 166 valence electrons. The summed E-state index contributed by atoms with van der Waals surface area (Å²) >= 11 is 1.28. The zero-order valence-electron chi connectivity index (χ0n) is 17.8. The van der Waals surface area contributed by atoms with Gasteiger partial charge in [-0.05, 0) is 68.3 Å². The number of nitrogens with two attached hydrogens (primary N) is 1. The van der Waals surface area contributed by atoms with Crippen LogP contribution in [0.4, 0.5) is 10.1 Å². The Morgan fingerprint density at radius 2 is 1.91 bits per heavy atom. The summed E-state index contributed by atoms with van der Waals surface area (Å²) in [6, 6.07) is 13.8. The Labute approximate surface area is 190 Å². The van der Waals surface area contributed by atoms with E-state index in [9.17, 15) is 14.0 Å². The molecule has 0 aliphatic carbocycles. The van der Waals surface area contributed by atoms with Crippen LogP contribution in [0.15, 0.2) is 48.5 Å². The molecule has 2 amide bonds. The molecule has 0 spiro atoms. The molecule has 6 nitrogen and oxygen atoms in total. The number of nitrogens with zero attached hydrogens (tertiary/aromatic N) is 2. The fraction of sp³-hybridized carbons (Fsp3) is 0.292. The number of likely N-dealkylation sites (tertiary alicyclic amines) is 1. The van der Waals surface area contributed by atoms with Crippen LogP contribution in [0.25, 0.3) is 10.6 Å². The summed E-state index contributed by atoms with van der Waals surface area (Å²) in [5.41, 5.74) is 8.69. The maximum atomic E-state index is 13.2. The van der Waals surface area contributed by atoms with Crippen LogP contribution in [0.5, 0.6) is 0 Å². The fourth-order valence-electron chi connectivity index (χ4n) is 3.89. The van der Waals surface area contributed by atoms with E-state index >= 15 is 0 Å². The van der Waals surface area contributed by atoms with Crippen molar-refractivity contribution in [2.75, 3.05) is 18.4 Å². The number of carbonyl (C=O) groups is 2. The van der Waals surface area contributed by atoms with Crippen molar-refractivity contribution in [3.63, 3.8) is 0 Å². The van der Waals surface area contributed by atoms with Crippen molar-refractivity contribution < 1.29 is 14.0 Å². The van der Waals surface area contributed by atoms with Crippen LogP contribution in [0, 0.1) is 18.7 Å². The zero-order chi connectivity index (χ0) is 22.7. The second-order valence-corrected chi connectivity index (χ2v) is 9.07. The molecule has 1 unspecified atom stereocenters. The first-order chi connectivity index (χ1) is 15.4. The normalized spacial score (nSPS) is 16.6. The van der Waals surface area contributed by atoms with Gasteiger partial charge in [0.15, 0.2) is 0 Å². The Hall–Kier alpha value is -3.10. The minimum absolute atomic E-state index is 0.0789. The van der Waals surface area contributed by atoms with E-state index in [2.05, 4.69) is 15.2 Å². The molecule has 1 atom stereocenters. The number of primary amides is 1. The van der Waals surface area contributed by atoms with E-state index < -0.39 is 0 Å². The Bertz CT molecular complexity index is 1110. The predicted octanol–water partition coefficient (Wildman–Crippen LogP) is 4.21. The molecule has 0 saturated carbocycles. The minimum atomic E-state index is -0.309. The second kappa shape index (κ2) is 9.58. The number of carbonyl (C=O) groups excluding carboxylic acids is 2. The first-order valence-corrected chi connectivity index (χ1v) is 11.4. The second-order valence-electron chi connectivity index (χ2n) is 8.07. The van der Waals surface area contributed by atoms with Gasteiger partial charge in [-0.15, -0.1) is 11.3 Å². The number of piperidine rings is 1. The number of halogens is 1. The van der Waals surface area contributed by atoms with E-state index in [1.807, 2.05) is 24.3 Å². The average molecular weight is 453 g/mol. The molecule has 32 heavy (non-hydrogen) atoms. The van der Waals surface area contributed by atoms with Gasteiger partial charge in [0, 0.05) is 24.3 Å². The van der Waals surface area contributed by atoms with E-state index in [-0.39, 0.29) is 23.5 Å². The molecule has 4 rings (SSSR count). The number of hydrogen-bond acceptors (Lipinski definition) is 5. The van der Waals surface area contributed by atoms with Crippen LogP contribution >= 0.6 is 11.3 Å². The van der Waals surface area contributed by atoms with Crippen LogP contribution in [0.3, 0.4) is 0 Å². The van der Waals surface area contributed by atoms with Gasteiger partial charge in [-0.1, -0.05) is 12.1 Å². The minimum Gasteiger partial charge on any atom is -0.369 e. The first-order valence-electron chi connectivity index (χ1n) is 10.5. The van der Waals surface area contributed by atoms with Gasteiger partial charge in [-0.3, -0.25) is 14.5 Å². The van der Waals surface area contributed by atoms with Crippen molar-refractivity contribution in [2.24, 2.45) is 11.7 Å². The lowest BCUT2D eigenvalue weighted by atomic mass is 9.97. The molecule has 2 aromatic carbocycles. The van der Waals surface area contributed by atoms with Crippen LogP contribution in [0.2, 0.25) is 0 Å². The van der Waals surface area contributed by atoms with E-state index in [0.717, 1.165) is 37.1 Å². The van der Waals surface area contributed by atoms with Crippen molar-refractivity contribution in [3.05, 3.63) is 70.5 Å². The number of nitrogens with one attached hydrogen (secondary N) is 1. The number of anilines is 1. The average Bonchev–Trinajstić information content (AvgIpc) is 3.17. The number of hydrogen-bond donors (Lipinski definition) is 2. The fourth-order valence-corrected chi connectivity index (χ4v) is 4.86. The molecule has 1 fully saturated rings. The summed E-state index contributed by atoms with van der Waals surface area (Å²) in [7, 11) is 0. The van der Waals surface area contributed by atoms with Crippen molar-refractivity contribution in [2.45, 2.75) is 26.3 Å². The monoisotopic (exact) mass is 452 g/mol. The summed E-state index contributed by atoms with van der Waals surface area (Å²) in [4.78, 5) is 31.5. The molecule has 3 aromatic rings. The summed E-state index contributed by atoms with van der Waals surface area (Å²) < 4.78 is 13.2. The number of aromatic nitrogens is 1. The molecule has 2 heterocycles. The van der Waals surface area contributed by atoms with Gasteiger partial charge in [-0.2, -0.15) is 0 Å². The molecular formula is C24H25FN4O2S. The van der Waals surface area contributed by atoms with Crippen molar-refractivity contribution >= 4 is 28.8 Å². The van der Waals surface area contributed by atoms with Gasteiger partial charge in [0.05, 0.1) is 11.6 Å². The topological polar surface area (TPSA) is 88.3 Å². The lowest BCUT2D eigenvalue weighted by Gasteiger charge is -2.31. The molecule has 1 aliphatic heterocycles. The highest BCUT2D eigenvalue weighted by molar-refractivity contribution is 7.17. The number of rotatable bonds is 6. The van der Waals surface area contributed by atoms with E-state index in [4.69, 9.17) is 5.73 Å². The predicted molar refractivity (Wildman–Crippen MR) is 124 cm³/mol. The van der Waals surface area contributed by atoms with Crippen LogP contribution in [0.1, 0.15) is 33.8 Å². The molecule has 1 aromatic heterocycles. The summed E-state index contributed by atoms with van der Waals surface area (Å²) in [5.74, 6) is -0.837. The van der Waals surface area contributed by atoms with Crippen LogP contribution in [-0.2, 0) is 11.3 Å². The Kier molecular flexibility index (Phi) is 6.62. The molecule has 3 N–H and O–H groups in total. The summed E-state index contributed by atoms with van der Waals surface area (Å²) in [6.07, 6.45) is 1.83. The molecule has 0 bridgehead atoms. The van der Waals surface area contributed by atoms with Crippen molar-refractivity contribution in [3.8, 4) is 10.6 Å². The van der Waals surface area contributed by atoms with E-state index in [1.54, 1.807) is 19.1 Å². The Morgan fingerprint density at radius 3 is 2.59 bits per heavy atom. The standard InChI is InChI=1S/C24H25FN4O2S/c1-15-21(32-24(27-15)17-6-8-19(25)9-7-17)23(31)28-20-10-4-16(5-11-20)13-29-12-2-3-18(14-29)22(26)30/h4-11,18H,2-3,12-14H2,1H3,(H2,26,30)(H,28,31). The van der Waals surface area contributed by atoms with Gasteiger partial charge < -0.3 is 11.1 Å². The van der Waals surface area contributed by atoms with Gasteiger partial charge in [0.2, 0.25) is 5.91 Å². The van der Waals surface area contributed by atoms with Gasteiger partial charge in [0.1, 0.15) is 15.7 Å². The van der Waals surface area contributed by atoms with E-state index in [0.29, 0.717) is 27.8 Å². The largest absolute Gasteiger partial charge is 0.369 e. The number of benzene rings is 2. The molecule has 1 saturated heterocycles. The number of amides is 2. The highest BCUT2D eigenvalue weighted by atomic mass is 32.1. The molecule has 1 aliphatic rings. The lowest BCUT2D eigenvalue weighted by Crippen LogP contribution is -2.40. The van der Waals surface area contributed by atoms with Gasteiger partial charge in [0.25, 0.3) is 5.91 Å². The zero-order valence-corrected chi connectivity index (χ0v) is 18.6. The molecule has 0 radical (unpaired) electrons. The highest BCUT2D eigenvalue weighted by Gasteiger charge is 2.24. The third-order valence-corrected chi connectivity index (χ3v) is 6.83. The third kappa shape index (κ3) is 5.20. The lowest BCUT2D eigenvalue weighted by molar-refractivity contribution is -0.123. The number of thiazole rings is 1. The Morgan fingerprint density at radius 1 is 1.19 bits per heavy atom. The van der Waals surface area contributed by atoms with Gasteiger partial charge >= 0.3 is 0 Å².